The SMILES string of the molecule is COCOc1c(OC)ccc(B(O)O)c1F. The minimum Gasteiger partial charge on any atom is -0.493 e. The van der Waals surface area contributed by atoms with Gasteiger partial charge in [0.05, 0.1) is 7.11 Å². The lowest BCUT2D eigenvalue weighted by atomic mass is 9.79. The van der Waals surface area contributed by atoms with Gasteiger partial charge in [0.2, 0.25) is 0 Å². The Bertz CT molecular complexity index is 358. The minimum atomic E-state index is -1.91. The number of methoxy groups -OCH3 is 2. The zero-order chi connectivity index (χ0) is 12.1. The molecule has 7 heteroatoms. The number of hydrogen-bond acceptors (Lipinski definition) is 5. The number of halogens is 1. The van der Waals surface area contributed by atoms with E-state index in [1.807, 2.05) is 0 Å². The lowest BCUT2D eigenvalue weighted by molar-refractivity contribution is 0.0463. The van der Waals surface area contributed by atoms with E-state index in [4.69, 9.17) is 19.5 Å². The number of rotatable bonds is 5. The Labute approximate surface area is 92.5 Å². The van der Waals surface area contributed by atoms with Gasteiger partial charge in [-0.3, -0.25) is 0 Å². The van der Waals surface area contributed by atoms with Crippen molar-refractivity contribution in [1.82, 2.24) is 0 Å². The van der Waals surface area contributed by atoms with E-state index in [1.165, 1.54) is 26.4 Å². The van der Waals surface area contributed by atoms with Crippen LogP contribution in [0.2, 0.25) is 0 Å². The third-order valence-corrected chi connectivity index (χ3v) is 1.91. The van der Waals surface area contributed by atoms with Crippen LogP contribution in [0.5, 0.6) is 11.5 Å². The fourth-order valence-electron chi connectivity index (χ4n) is 1.17. The second-order valence-corrected chi connectivity index (χ2v) is 2.92. The summed E-state index contributed by atoms with van der Waals surface area (Å²) in [5.74, 6) is -0.944. The van der Waals surface area contributed by atoms with Crippen molar-refractivity contribution in [2.24, 2.45) is 0 Å². The predicted octanol–water partition coefficient (Wildman–Crippen LogP) is -0.503. The van der Waals surface area contributed by atoms with Gasteiger partial charge in [0, 0.05) is 12.6 Å². The fraction of sp³-hybridized carbons (Fsp3) is 0.333. The molecule has 1 aromatic carbocycles. The average molecular weight is 230 g/mol. The first kappa shape index (κ1) is 12.8. The van der Waals surface area contributed by atoms with E-state index < -0.39 is 12.9 Å². The first-order valence-electron chi connectivity index (χ1n) is 4.46. The average Bonchev–Trinajstić information content (AvgIpc) is 2.26. The molecule has 0 aromatic heterocycles. The van der Waals surface area contributed by atoms with E-state index in [1.54, 1.807) is 0 Å². The Kier molecular flexibility index (Phi) is 4.54. The van der Waals surface area contributed by atoms with Crippen molar-refractivity contribution in [2.75, 3.05) is 21.0 Å². The van der Waals surface area contributed by atoms with Crippen molar-refractivity contribution in [2.45, 2.75) is 0 Å². The topological polar surface area (TPSA) is 68.2 Å². The van der Waals surface area contributed by atoms with Crippen molar-refractivity contribution in [3.05, 3.63) is 17.9 Å². The zero-order valence-electron chi connectivity index (χ0n) is 8.94. The van der Waals surface area contributed by atoms with Gasteiger partial charge >= 0.3 is 7.12 Å². The maximum absolute atomic E-state index is 13.7. The van der Waals surface area contributed by atoms with Crippen LogP contribution in [0.3, 0.4) is 0 Å². The molecule has 5 nitrogen and oxygen atoms in total. The minimum absolute atomic E-state index is 0.152. The van der Waals surface area contributed by atoms with Crippen LogP contribution in [-0.4, -0.2) is 38.2 Å². The number of hydrogen-bond donors (Lipinski definition) is 2. The highest BCUT2D eigenvalue weighted by Crippen LogP contribution is 2.28. The van der Waals surface area contributed by atoms with E-state index in [0.717, 1.165) is 0 Å². The molecular weight excluding hydrogens is 218 g/mol. The van der Waals surface area contributed by atoms with Crippen LogP contribution in [0.15, 0.2) is 12.1 Å². The molecule has 1 rings (SSSR count). The molecule has 0 bridgehead atoms. The molecule has 0 unspecified atom stereocenters. The Hall–Kier alpha value is -1.31. The van der Waals surface area contributed by atoms with Gasteiger partial charge in [-0.2, -0.15) is 0 Å². The molecule has 0 aliphatic heterocycles. The molecule has 0 aliphatic rings. The fourth-order valence-corrected chi connectivity index (χ4v) is 1.17. The predicted molar refractivity (Wildman–Crippen MR) is 55.3 cm³/mol. The summed E-state index contributed by atoms with van der Waals surface area (Å²) in [6.07, 6.45) is 0. The molecule has 0 atom stereocenters. The Morgan fingerprint density at radius 3 is 2.50 bits per heavy atom. The first-order chi connectivity index (χ1) is 7.61. The summed E-state index contributed by atoms with van der Waals surface area (Å²) < 4.78 is 28.2. The summed E-state index contributed by atoms with van der Waals surface area (Å²) >= 11 is 0. The molecule has 0 fully saturated rings. The lowest BCUT2D eigenvalue weighted by Gasteiger charge is -2.13. The van der Waals surface area contributed by atoms with Crippen LogP contribution in [0.1, 0.15) is 0 Å². The molecule has 0 saturated heterocycles. The summed E-state index contributed by atoms with van der Waals surface area (Å²) in [7, 11) is 0.828. The maximum atomic E-state index is 13.7. The molecule has 0 heterocycles. The van der Waals surface area contributed by atoms with Gasteiger partial charge in [-0.25, -0.2) is 4.39 Å². The smallest absolute Gasteiger partial charge is 0.491 e. The molecular formula is C9H12BFO5. The van der Waals surface area contributed by atoms with Crippen molar-refractivity contribution < 1.29 is 28.6 Å². The van der Waals surface area contributed by atoms with Gasteiger partial charge in [0.1, 0.15) is 0 Å². The highest BCUT2D eigenvalue weighted by molar-refractivity contribution is 6.58. The Balaban J connectivity index is 3.12. The van der Waals surface area contributed by atoms with Crippen LogP contribution in [-0.2, 0) is 4.74 Å². The third kappa shape index (κ3) is 2.63. The number of benzene rings is 1. The van der Waals surface area contributed by atoms with Gasteiger partial charge < -0.3 is 24.3 Å². The molecule has 88 valence electrons. The van der Waals surface area contributed by atoms with Crippen LogP contribution in [0.4, 0.5) is 4.39 Å². The standard InChI is InChI=1S/C9H12BFO5/c1-14-5-16-9-7(15-2)4-3-6(8(9)11)10(12)13/h3-4,12-13H,5H2,1-2H3. The monoisotopic (exact) mass is 230 g/mol. The van der Waals surface area contributed by atoms with Gasteiger partial charge in [-0.15, -0.1) is 0 Å². The Morgan fingerprint density at radius 1 is 1.31 bits per heavy atom. The van der Waals surface area contributed by atoms with Crippen molar-refractivity contribution in [3.8, 4) is 11.5 Å². The Morgan fingerprint density at radius 2 is 2.00 bits per heavy atom. The second kappa shape index (κ2) is 5.69. The van der Waals surface area contributed by atoms with E-state index >= 15 is 0 Å². The van der Waals surface area contributed by atoms with Crippen LogP contribution < -0.4 is 14.9 Å². The molecule has 0 spiro atoms. The zero-order valence-corrected chi connectivity index (χ0v) is 8.94. The lowest BCUT2D eigenvalue weighted by Crippen LogP contribution is -2.33. The van der Waals surface area contributed by atoms with Gasteiger partial charge in [0.15, 0.2) is 24.1 Å². The van der Waals surface area contributed by atoms with E-state index in [2.05, 4.69) is 4.74 Å². The van der Waals surface area contributed by atoms with E-state index in [0.29, 0.717) is 0 Å². The van der Waals surface area contributed by atoms with Crippen LogP contribution >= 0.6 is 0 Å². The van der Waals surface area contributed by atoms with Crippen LogP contribution in [0.25, 0.3) is 0 Å². The summed E-state index contributed by atoms with van der Waals surface area (Å²) in [6.45, 7) is -0.168. The van der Waals surface area contributed by atoms with E-state index in [9.17, 15) is 4.39 Å². The molecule has 0 saturated carbocycles. The highest BCUT2D eigenvalue weighted by atomic mass is 19.1. The largest absolute Gasteiger partial charge is 0.493 e. The third-order valence-electron chi connectivity index (χ3n) is 1.91. The van der Waals surface area contributed by atoms with Crippen LogP contribution in [0, 0.1) is 5.82 Å². The second-order valence-electron chi connectivity index (χ2n) is 2.92. The number of ether oxygens (including phenoxy) is 3. The summed E-state index contributed by atoms with van der Waals surface area (Å²) in [5, 5.41) is 17.8. The summed E-state index contributed by atoms with van der Waals surface area (Å²) in [6, 6.07) is 2.58. The van der Waals surface area contributed by atoms with Gasteiger partial charge in [-0.05, 0) is 6.07 Å². The summed E-state index contributed by atoms with van der Waals surface area (Å²) in [4.78, 5) is 0. The molecule has 0 aliphatic carbocycles. The molecule has 2 N–H and O–H groups in total. The maximum Gasteiger partial charge on any atom is 0.491 e. The molecule has 0 amide bonds. The quantitative estimate of drug-likeness (QED) is 0.527. The molecule has 1 aromatic rings. The van der Waals surface area contributed by atoms with E-state index in [-0.39, 0.29) is 23.8 Å². The molecule has 0 radical (unpaired) electrons. The van der Waals surface area contributed by atoms with Gasteiger partial charge in [-0.1, -0.05) is 6.07 Å². The van der Waals surface area contributed by atoms with Crippen molar-refractivity contribution in [3.63, 3.8) is 0 Å². The van der Waals surface area contributed by atoms with Crippen molar-refractivity contribution in [1.29, 1.82) is 0 Å². The summed E-state index contributed by atoms with van der Waals surface area (Å²) in [5.41, 5.74) is -0.285. The van der Waals surface area contributed by atoms with Crippen molar-refractivity contribution >= 4 is 12.6 Å². The molecule has 16 heavy (non-hydrogen) atoms. The van der Waals surface area contributed by atoms with Gasteiger partial charge in [0.25, 0.3) is 0 Å². The normalized spacial score (nSPS) is 10.1. The highest BCUT2D eigenvalue weighted by Gasteiger charge is 2.22. The first-order valence-corrected chi connectivity index (χ1v) is 4.46.